The first-order valence-corrected chi connectivity index (χ1v) is 8.12. The fourth-order valence-corrected chi connectivity index (χ4v) is 2.80. The van der Waals surface area contributed by atoms with Gasteiger partial charge >= 0.3 is 0 Å². The molecular weight excluding hydrogens is 326 g/mol. The van der Waals surface area contributed by atoms with Crippen molar-refractivity contribution in [2.24, 2.45) is 0 Å². The van der Waals surface area contributed by atoms with Crippen molar-refractivity contribution in [1.82, 2.24) is 30.3 Å². The van der Waals surface area contributed by atoms with Crippen LogP contribution in [0, 0.1) is 6.92 Å². The van der Waals surface area contributed by atoms with Crippen molar-refractivity contribution in [3.8, 4) is 22.2 Å². The van der Waals surface area contributed by atoms with E-state index in [2.05, 4.69) is 35.6 Å². The van der Waals surface area contributed by atoms with Crippen molar-refractivity contribution in [2.45, 2.75) is 13.5 Å². The minimum Gasteiger partial charge on any atom is -0.363 e. The average Bonchev–Trinajstić information content (AvgIpc) is 3.34. The summed E-state index contributed by atoms with van der Waals surface area (Å²) in [6.45, 7) is 2.26. The van der Waals surface area contributed by atoms with Gasteiger partial charge in [0.15, 0.2) is 11.6 Å². The minimum absolute atomic E-state index is 0.470. The third-order valence-electron chi connectivity index (χ3n) is 3.24. The highest BCUT2D eigenvalue weighted by Gasteiger charge is 2.09. The Morgan fingerprint density at radius 3 is 3.04 bits per heavy atom. The average molecular weight is 339 g/mol. The Hall–Kier alpha value is -3.07. The SMILES string of the molecule is Cc1noc(-c2ccnc(NCc3nc(-c4cccs4)n[nH]3)c2)n1. The molecule has 0 unspecified atom stereocenters. The molecule has 0 radical (unpaired) electrons. The Bertz CT molecular complexity index is 944. The molecule has 0 aliphatic heterocycles. The van der Waals surface area contributed by atoms with E-state index in [1.165, 1.54) is 0 Å². The number of hydrogen-bond donors (Lipinski definition) is 2. The molecule has 4 aromatic heterocycles. The zero-order valence-corrected chi connectivity index (χ0v) is 13.5. The molecule has 0 aromatic carbocycles. The summed E-state index contributed by atoms with van der Waals surface area (Å²) in [4.78, 5) is 14.0. The first kappa shape index (κ1) is 14.5. The van der Waals surface area contributed by atoms with E-state index in [9.17, 15) is 0 Å². The monoisotopic (exact) mass is 339 g/mol. The molecular formula is C15H13N7OS. The summed E-state index contributed by atoms with van der Waals surface area (Å²) < 4.78 is 5.17. The van der Waals surface area contributed by atoms with Crippen LogP contribution in [0.2, 0.25) is 0 Å². The maximum atomic E-state index is 5.17. The molecule has 4 aromatic rings. The third-order valence-corrected chi connectivity index (χ3v) is 4.11. The highest BCUT2D eigenvalue weighted by atomic mass is 32.1. The third kappa shape index (κ3) is 3.01. The van der Waals surface area contributed by atoms with Crippen LogP contribution in [0.25, 0.3) is 22.2 Å². The van der Waals surface area contributed by atoms with Crippen molar-refractivity contribution in [1.29, 1.82) is 0 Å². The minimum atomic E-state index is 0.470. The van der Waals surface area contributed by atoms with Crippen LogP contribution in [-0.2, 0) is 6.54 Å². The molecule has 4 rings (SSSR count). The van der Waals surface area contributed by atoms with Crippen LogP contribution in [0.4, 0.5) is 5.82 Å². The number of aryl methyl sites for hydroxylation is 1. The summed E-state index contributed by atoms with van der Waals surface area (Å²) in [5.74, 6) is 3.19. The molecule has 0 aliphatic rings. The summed E-state index contributed by atoms with van der Waals surface area (Å²) in [5, 5.41) is 16.1. The van der Waals surface area contributed by atoms with Crippen molar-refractivity contribution >= 4 is 17.2 Å². The van der Waals surface area contributed by atoms with Gasteiger partial charge in [0.25, 0.3) is 5.89 Å². The number of pyridine rings is 1. The van der Waals surface area contributed by atoms with Crippen LogP contribution in [0.1, 0.15) is 11.6 Å². The second kappa shape index (κ2) is 6.20. The summed E-state index contributed by atoms with van der Waals surface area (Å²) in [5.41, 5.74) is 0.810. The maximum Gasteiger partial charge on any atom is 0.258 e. The molecule has 120 valence electrons. The molecule has 0 spiro atoms. The highest BCUT2D eigenvalue weighted by Crippen LogP contribution is 2.21. The zero-order chi connectivity index (χ0) is 16.4. The molecule has 0 fully saturated rings. The fourth-order valence-electron chi connectivity index (χ4n) is 2.14. The number of rotatable bonds is 5. The molecule has 0 aliphatic carbocycles. The van der Waals surface area contributed by atoms with Gasteiger partial charge in [-0.05, 0) is 30.5 Å². The summed E-state index contributed by atoms with van der Waals surface area (Å²) in [7, 11) is 0. The van der Waals surface area contributed by atoms with E-state index >= 15 is 0 Å². The zero-order valence-electron chi connectivity index (χ0n) is 12.7. The van der Waals surface area contributed by atoms with Crippen LogP contribution in [0.5, 0.6) is 0 Å². The lowest BCUT2D eigenvalue weighted by Gasteiger charge is -2.03. The topological polar surface area (TPSA) is 105 Å². The van der Waals surface area contributed by atoms with Crippen LogP contribution in [0.3, 0.4) is 0 Å². The fraction of sp³-hybridized carbons (Fsp3) is 0.133. The van der Waals surface area contributed by atoms with Crippen LogP contribution in [-0.4, -0.2) is 30.3 Å². The van der Waals surface area contributed by atoms with E-state index in [1.54, 1.807) is 24.5 Å². The number of nitrogens with one attached hydrogen (secondary N) is 2. The van der Waals surface area contributed by atoms with Crippen LogP contribution >= 0.6 is 11.3 Å². The predicted octanol–water partition coefficient (Wildman–Crippen LogP) is 2.90. The van der Waals surface area contributed by atoms with Gasteiger partial charge in [-0.3, -0.25) is 5.10 Å². The molecule has 4 heterocycles. The van der Waals surface area contributed by atoms with E-state index in [0.29, 0.717) is 29.9 Å². The largest absolute Gasteiger partial charge is 0.363 e. The van der Waals surface area contributed by atoms with E-state index in [1.807, 2.05) is 29.6 Å². The number of aromatic nitrogens is 6. The van der Waals surface area contributed by atoms with Gasteiger partial charge in [-0.25, -0.2) is 9.97 Å². The van der Waals surface area contributed by atoms with Gasteiger partial charge in [0.1, 0.15) is 11.6 Å². The van der Waals surface area contributed by atoms with E-state index in [4.69, 9.17) is 4.52 Å². The predicted molar refractivity (Wildman–Crippen MR) is 89.3 cm³/mol. The molecule has 0 saturated heterocycles. The van der Waals surface area contributed by atoms with Crippen LogP contribution in [0.15, 0.2) is 40.4 Å². The molecule has 0 amide bonds. The number of nitrogens with zero attached hydrogens (tertiary/aromatic N) is 5. The molecule has 0 atom stereocenters. The molecule has 2 N–H and O–H groups in total. The van der Waals surface area contributed by atoms with Crippen molar-refractivity contribution in [3.05, 3.63) is 47.5 Å². The van der Waals surface area contributed by atoms with Crippen LogP contribution < -0.4 is 5.32 Å². The summed E-state index contributed by atoms with van der Waals surface area (Å²) in [6.07, 6.45) is 1.69. The standard InChI is InChI=1S/C15H13N7OS/c1-9-18-15(23-22-9)10-4-5-16-12(7-10)17-8-13-19-14(21-20-13)11-3-2-6-24-11/h2-7H,8H2,1H3,(H,16,17)(H,19,20,21). The van der Waals surface area contributed by atoms with Gasteiger partial charge in [0, 0.05) is 11.8 Å². The van der Waals surface area contributed by atoms with E-state index in [0.717, 1.165) is 16.3 Å². The van der Waals surface area contributed by atoms with Gasteiger partial charge < -0.3 is 9.84 Å². The molecule has 0 bridgehead atoms. The number of hydrogen-bond acceptors (Lipinski definition) is 8. The van der Waals surface area contributed by atoms with Gasteiger partial charge in [-0.2, -0.15) is 10.1 Å². The molecule has 0 saturated carbocycles. The van der Waals surface area contributed by atoms with E-state index in [-0.39, 0.29) is 0 Å². The first-order chi connectivity index (χ1) is 11.8. The number of aromatic amines is 1. The normalized spacial score (nSPS) is 10.9. The maximum absolute atomic E-state index is 5.17. The number of H-pyrrole nitrogens is 1. The summed E-state index contributed by atoms with van der Waals surface area (Å²) >= 11 is 1.60. The Morgan fingerprint density at radius 2 is 2.25 bits per heavy atom. The first-order valence-electron chi connectivity index (χ1n) is 7.24. The summed E-state index contributed by atoms with van der Waals surface area (Å²) in [6, 6.07) is 7.64. The molecule has 24 heavy (non-hydrogen) atoms. The van der Waals surface area contributed by atoms with Gasteiger partial charge in [0.05, 0.1) is 11.4 Å². The van der Waals surface area contributed by atoms with Gasteiger partial charge in [-0.15, -0.1) is 11.3 Å². The van der Waals surface area contributed by atoms with Gasteiger partial charge in [0.2, 0.25) is 0 Å². The molecule has 8 nitrogen and oxygen atoms in total. The highest BCUT2D eigenvalue weighted by molar-refractivity contribution is 7.13. The Morgan fingerprint density at radius 1 is 1.29 bits per heavy atom. The Balaban J connectivity index is 1.46. The lowest BCUT2D eigenvalue weighted by Crippen LogP contribution is -2.03. The van der Waals surface area contributed by atoms with Crippen molar-refractivity contribution < 1.29 is 4.52 Å². The lowest BCUT2D eigenvalue weighted by molar-refractivity contribution is 0.425. The van der Waals surface area contributed by atoms with E-state index < -0.39 is 0 Å². The Labute approximate surface area is 141 Å². The number of thiophene rings is 1. The Kier molecular flexibility index (Phi) is 3.75. The van der Waals surface area contributed by atoms with Crippen molar-refractivity contribution in [2.75, 3.05) is 5.32 Å². The smallest absolute Gasteiger partial charge is 0.258 e. The number of anilines is 1. The second-order valence-electron chi connectivity index (χ2n) is 5.01. The quantitative estimate of drug-likeness (QED) is 0.576. The van der Waals surface area contributed by atoms with Gasteiger partial charge in [-0.1, -0.05) is 11.2 Å². The molecule has 9 heteroatoms. The second-order valence-corrected chi connectivity index (χ2v) is 5.96. The lowest BCUT2D eigenvalue weighted by atomic mass is 10.2. The van der Waals surface area contributed by atoms with Crippen molar-refractivity contribution in [3.63, 3.8) is 0 Å².